The number of carbonyl (C=O) groups is 1. The maximum Gasteiger partial charge on any atom is 0.241 e. The molecular weight excluding hydrogens is 262 g/mol. The smallest absolute Gasteiger partial charge is 0.241 e. The number of hydrogen-bond donors (Lipinski definition) is 1. The van der Waals surface area contributed by atoms with Crippen LogP contribution in [0.25, 0.3) is 0 Å². The van der Waals surface area contributed by atoms with Crippen molar-refractivity contribution < 1.29 is 4.79 Å². The van der Waals surface area contributed by atoms with Crippen LogP contribution >= 0.6 is 0 Å². The maximum atomic E-state index is 12.8. The first kappa shape index (κ1) is 16.8. The van der Waals surface area contributed by atoms with Crippen LogP contribution in [0, 0.1) is 5.92 Å². The third kappa shape index (κ3) is 4.19. The van der Waals surface area contributed by atoms with E-state index in [1.165, 1.54) is 25.8 Å². The fourth-order valence-corrected chi connectivity index (χ4v) is 3.72. The van der Waals surface area contributed by atoms with Crippen LogP contribution in [0.1, 0.15) is 59.3 Å². The summed E-state index contributed by atoms with van der Waals surface area (Å²) in [7, 11) is 2.21. The number of carbonyl (C=O) groups excluding carboxylic acids is 1. The SMILES string of the molecule is CCCC1NC(CC(C)C)C(=O)N1CC1CCCCN1C. The third-order valence-electron chi connectivity index (χ3n) is 4.95. The van der Waals surface area contributed by atoms with Crippen LogP contribution in [-0.2, 0) is 4.79 Å². The predicted octanol–water partition coefficient (Wildman–Crippen LogP) is 2.44. The molecule has 0 radical (unpaired) electrons. The summed E-state index contributed by atoms with van der Waals surface area (Å²) < 4.78 is 0. The van der Waals surface area contributed by atoms with Gasteiger partial charge in [0.15, 0.2) is 0 Å². The van der Waals surface area contributed by atoms with Crippen molar-refractivity contribution in [3.63, 3.8) is 0 Å². The van der Waals surface area contributed by atoms with Crippen molar-refractivity contribution >= 4 is 5.91 Å². The minimum absolute atomic E-state index is 0.0375. The van der Waals surface area contributed by atoms with Gasteiger partial charge in [-0.25, -0.2) is 0 Å². The lowest BCUT2D eigenvalue weighted by Crippen LogP contribution is -2.48. The molecule has 2 heterocycles. The average molecular weight is 295 g/mol. The molecule has 4 heteroatoms. The summed E-state index contributed by atoms with van der Waals surface area (Å²) in [5, 5.41) is 3.59. The monoisotopic (exact) mass is 295 g/mol. The molecule has 0 aliphatic carbocycles. The van der Waals surface area contributed by atoms with Gasteiger partial charge in [-0.2, -0.15) is 0 Å². The average Bonchev–Trinajstić information content (AvgIpc) is 2.70. The Morgan fingerprint density at radius 1 is 1.33 bits per heavy atom. The van der Waals surface area contributed by atoms with Crippen molar-refractivity contribution in [3.8, 4) is 0 Å². The second kappa shape index (κ2) is 7.59. The molecule has 4 nitrogen and oxygen atoms in total. The van der Waals surface area contributed by atoms with Gasteiger partial charge in [0, 0.05) is 12.6 Å². The Balaban J connectivity index is 2.01. The highest BCUT2D eigenvalue weighted by molar-refractivity contribution is 5.84. The summed E-state index contributed by atoms with van der Waals surface area (Å²) in [6.07, 6.45) is 7.23. The van der Waals surface area contributed by atoms with Crippen LogP contribution < -0.4 is 5.32 Å². The summed E-state index contributed by atoms with van der Waals surface area (Å²) >= 11 is 0. The van der Waals surface area contributed by atoms with Crippen LogP contribution in [-0.4, -0.2) is 54.1 Å². The van der Waals surface area contributed by atoms with Gasteiger partial charge in [0.25, 0.3) is 0 Å². The normalized spacial score (nSPS) is 31.4. The molecule has 0 bridgehead atoms. The van der Waals surface area contributed by atoms with Gasteiger partial charge in [0.2, 0.25) is 5.91 Å². The minimum Gasteiger partial charge on any atom is -0.324 e. The first-order chi connectivity index (χ1) is 10.0. The quantitative estimate of drug-likeness (QED) is 0.817. The van der Waals surface area contributed by atoms with E-state index in [4.69, 9.17) is 0 Å². The van der Waals surface area contributed by atoms with Gasteiger partial charge >= 0.3 is 0 Å². The highest BCUT2D eigenvalue weighted by Crippen LogP contribution is 2.23. The first-order valence-corrected chi connectivity index (χ1v) is 8.79. The molecule has 2 saturated heterocycles. The Labute approximate surface area is 130 Å². The van der Waals surface area contributed by atoms with Crippen molar-refractivity contribution in [1.82, 2.24) is 15.1 Å². The fraction of sp³-hybridized carbons (Fsp3) is 0.941. The highest BCUT2D eigenvalue weighted by atomic mass is 16.2. The predicted molar refractivity (Wildman–Crippen MR) is 87.1 cm³/mol. The molecule has 3 unspecified atom stereocenters. The Bertz CT molecular complexity index is 345. The first-order valence-electron chi connectivity index (χ1n) is 8.79. The third-order valence-corrected chi connectivity index (χ3v) is 4.95. The number of amides is 1. The van der Waals surface area contributed by atoms with Crippen molar-refractivity contribution in [1.29, 1.82) is 0 Å². The summed E-state index contributed by atoms with van der Waals surface area (Å²) in [6.45, 7) is 8.67. The van der Waals surface area contributed by atoms with Gasteiger partial charge in [-0.15, -0.1) is 0 Å². The minimum atomic E-state index is 0.0375. The van der Waals surface area contributed by atoms with E-state index in [-0.39, 0.29) is 12.2 Å². The van der Waals surface area contributed by atoms with Crippen LogP contribution in [0.4, 0.5) is 0 Å². The fourth-order valence-electron chi connectivity index (χ4n) is 3.72. The molecule has 2 aliphatic rings. The Hall–Kier alpha value is -0.610. The van der Waals surface area contributed by atoms with Crippen LogP contribution in [0.5, 0.6) is 0 Å². The van der Waals surface area contributed by atoms with Gasteiger partial charge in [0.1, 0.15) is 0 Å². The van der Waals surface area contributed by atoms with Crippen LogP contribution in [0.2, 0.25) is 0 Å². The number of hydrogen-bond acceptors (Lipinski definition) is 3. The molecule has 3 atom stereocenters. The van der Waals surface area contributed by atoms with E-state index in [0.717, 1.165) is 25.8 Å². The van der Waals surface area contributed by atoms with Gasteiger partial charge in [-0.3, -0.25) is 10.1 Å². The van der Waals surface area contributed by atoms with Gasteiger partial charge in [0.05, 0.1) is 12.2 Å². The van der Waals surface area contributed by atoms with E-state index >= 15 is 0 Å². The zero-order chi connectivity index (χ0) is 15.4. The van der Waals surface area contributed by atoms with Crippen LogP contribution in [0.15, 0.2) is 0 Å². The molecule has 1 amide bonds. The second-order valence-corrected chi connectivity index (χ2v) is 7.27. The molecule has 0 aromatic carbocycles. The van der Waals surface area contributed by atoms with Gasteiger partial charge in [-0.1, -0.05) is 33.6 Å². The molecule has 122 valence electrons. The van der Waals surface area contributed by atoms with E-state index in [9.17, 15) is 4.79 Å². The number of nitrogens with zero attached hydrogens (tertiary/aromatic N) is 2. The molecule has 0 aromatic rings. The Morgan fingerprint density at radius 3 is 2.71 bits per heavy atom. The van der Waals surface area contributed by atoms with E-state index in [1.54, 1.807) is 0 Å². The number of likely N-dealkylation sites (tertiary alicyclic amines) is 1. The molecule has 1 N–H and O–H groups in total. The van der Waals surface area contributed by atoms with Crippen molar-refractivity contribution in [2.24, 2.45) is 5.92 Å². The van der Waals surface area contributed by atoms with Crippen LogP contribution in [0.3, 0.4) is 0 Å². The number of rotatable bonds is 6. The molecular formula is C17H33N3O. The van der Waals surface area contributed by atoms with E-state index in [1.807, 2.05) is 0 Å². The van der Waals surface area contributed by atoms with Crippen molar-refractivity contribution in [2.45, 2.75) is 77.5 Å². The second-order valence-electron chi connectivity index (χ2n) is 7.27. The van der Waals surface area contributed by atoms with Crippen molar-refractivity contribution in [3.05, 3.63) is 0 Å². The van der Waals surface area contributed by atoms with Gasteiger partial charge < -0.3 is 9.80 Å². The van der Waals surface area contributed by atoms with Crippen molar-refractivity contribution in [2.75, 3.05) is 20.1 Å². The standard InChI is InChI=1S/C17H33N3O/c1-5-8-16-18-15(11-13(2)3)17(21)20(16)12-14-9-6-7-10-19(14)4/h13-16,18H,5-12H2,1-4H3. The highest BCUT2D eigenvalue weighted by Gasteiger charge is 2.39. The number of likely N-dealkylation sites (N-methyl/N-ethyl adjacent to an activating group) is 1. The molecule has 2 aliphatic heterocycles. The lowest BCUT2D eigenvalue weighted by atomic mass is 10.0. The zero-order valence-electron chi connectivity index (χ0n) is 14.3. The van der Waals surface area contributed by atoms with E-state index in [2.05, 4.69) is 42.9 Å². The zero-order valence-corrected chi connectivity index (χ0v) is 14.3. The maximum absolute atomic E-state index is 12.8. The lowest BCUT2D eigenvalue weighted by molar-refractivity contribution is -0.131. The summed E-state index contributed by atoms with van der Waals surface area (Å²) in [4.78, 5) is 17.3. The molecule has 0 aromatic heterocycles. The number of nitrogens with one attached hydrogen (secondary N) is 1. The molecule has 2 rings (SSSR count). The summed E-state index contributed by atoms with van der Waals surface area (Å²) in [6, 6.07) is 0.581. The molecule has 21 heavy (non-hydrogen) atoms. The largest absolute Gasteiger partial charge is 0.324 e. The number of piperidine rings is 1. The lowest BCUT2D eigenvalue weighted by Gasteiger charge is -2.36. The molecule has 2 fully saturated rings. The van der Waals surface area contributed by atoms with E-state index in [0.29, 0.717) is 17.9 Å². The molecule has 0 saturated carbocycles. The summed E-state index contributed by atoms with van der Waals surface area (Å²) in [5.74, 6) is 0.896. The summed E-state index contributed by atoms with van der Waals surface area (Å²) in [5.41, 5.74) is 0. The van der Waals surface area contributed by atoms with Gasteiger partial charge in [-0.05, 0) is 45.2 Å². The topological polar surface area (TPSA) is 35.6 Å². The Morgan fingerprint density at radius 2 is 2.10 bits per heavy atom. The molecule has 0 spiro atoms. The Kier molecular flexibility index (Phi) is 6.06. The van der Waals surface area contributed by atoms with E-state index < -0.39 is 0 Å².